The standard InChI is InChI=1S/C16H27N3O2S.HI/c1-12-6-7-15(13(2)10-12)11-18-16(17-4)19-14(3)8-9-22(5,20)21;/h6-7,10,14H,8-9,11H2,1-5H3,(H2,17,18,19);1H. The van der Waals surface area contributed by atoms with E-state index >= 15 is 0 Å². The Morgan fingerprint density at radius 1 is 1.30 bits per heavy atom. The van der Waals surface area contributed by atoms with Crippen LogP contribution < -0.4 is 10.6 Å². The van der Waals surface area contributed by atoms with Gasteiger partial charge in [-0.25, -0.2) is 8.42 Å². The highest BCUT2D eigenvalue weighted by atomic mass is 127. The van der Waals surface area contributed by atoms with Crippen LogP contribution in [0, 0.1) is 13.8 Å². The van der Waals surface area contributed by atoms with Crippen LogP contribution >= 0.6 is 24.0 Å². The number of hydrogen-bond acceptors (Lipinski definition) is 3. The molecule has 1 rings (SSSR count). The normalized spacial score (nSPS) is 13.2. The number of rotatable bonds is 6. The van der Waals surface area contributed by atoms with E-state index in [1.54, 1.807) is 7.05 Å². The summed E-state index contributed by atoms with van der Waals surface area (Å²) in [5, 5.41) is 6.48. The van der Waals surface area contributed by atoms with E-state index in [1.165, 1.54) is 22.9 Å². The van der Waals surface area contributed by atoms with Gasteiger partial charge in [0.1, 0.15) is 9.84 Å². The lowest BCUT2D eigenvalue weighted by atomic mass is 10.1. The summed E-state index contributed by atoms with van der Waals surface area (Å²) < 4.78 is 22.4. The summed E-state index contributed by atoms with van der Waals surface area (Å²) in [6, 6.07) is 6.40. The van der Waals surface area contributed by atoms with Gasteiger partial charge in [-0.15, -0.1) is 24.0 Å². The first-order valence-electron chi connectivity index (χ1n) is 7.42. The van der Waals surface area contributed by atoms with Gasteiger partial charge >= 0.3 is 0 Å². The highest BCUT2D eigenvalue weighted by molar-refractivity contribution is 14.0. The number of sulfone groups is 1. The van der Waals surface area contributed by atoms with Crippen molar-refractivity contribution in [1.82, 2.24) is 10.6 Å². The molecule has 0 aliphatic rings. The molecule has 0 heterocycles. The lowest BCUT2D eigenvalue weighted by Crippen LogP contribution is -2.42. The molecule has 0 radical (unpaired) electrons. The first kappa shape index (κ1) is 22.2. The molecular weight excluding hydrogens is 425 g/mol. The van der Waals surface area contributed by atoms with Crippen molar-refractivity contribution < 1.29 is 8.42 Å². The van der Waals surface area contributed by atoms with Crippen LogP contribution in [0.4, 0.5) is 0 Å². The second kappa shape index (κ2) is 10.1. The minimum Gasteiger partial charge on any atom is -0.354 e. The molecule has 1 unspecified atom stereocenters. The zero-order valence-corrected chi connectivity index (χ0v) is 17.7. The van der Waals surface area contributed by atoms with Crippen LogP contribution in [0.2, 0.25) is 0 Å². The van der Waals surface area contributed by atoms with Crippen LogP contribution in [-0.2, 0) is 16.4 Å². The van der Waals surface area contributed by atoms with Gasteiger partial charge < -0.3 is 10.6 Å². The van der Waals surface area contributed by atoms with Crippen LogP contribution in [0.5, 0.6) is 0 Å². The van der Waals surface area contributed by atoms with Crippen LogP contribution in [0.15, 0.2) is 23.2 Å². The van der Waals surface area contributed by atoms with E-state index in [0.717, 1.165) is 0 Å². The van der Waals surface area contributed by atoms with Crippen molar-refractivity contribution in [2.24, 2.45) is 4.99 Å². The van der Waals surface area contributed by atoms with Crippen LogP contribution in [0.25, 0.3) is 0 Å². The molecule has 0 saturated carbocycles. The number of nitrogens with zero attached hydrogens (tertiary/aromatic N) is 1. The Morgan fingerprint density at radius 3 is 2.48 bits per heavy atom. The molecule has 0 saturated heterocycles. The largest absolute Gasteiger partial charge is 0.354 e. The van der Waals surface area contributed by atoms with Crippen LogP contribution in [0.3, 0.4) is 0 Å². The first-order chi connectivity index (χ1) is 10.2. The fourth-order valence-electron chi connectivity index (χ4n) is 2.11. The van der Waals surface area contributed by atoms with Gasteiger partial charge in [-0.3, -0.25) is 4.99 Å². The number of hydrogen-bond donors (Lipinski definition) is 2. The maximum atomic E-state index is 11.2. The third kappa shape index (κ3) is 9.14. The summed E-state index contributed by atoms with van der Waals surface area (Å²) in [4.78, 5) is 4.18. The zero-order valence-electron chi connectivity index (χ0n) is 14.5. The Labute approximate surface area is 157 Å². The number of aryl methyl sites for hydroxylation is 2. The molecule has 23 heavy (non-hydrogen) atoms. The van der Waals surface area contributed by atoms with Crippen molar-refractivity contribution in [2.75, 3.05) is 19.1 Å². The molecule has 1 atom stereocenters. The van der Waals surface area contributed by atoms with Crippen molar-refractivity contribution in [1.29, 1.82) is 0 Å². The van der Waals surface area contributed by atoms with Gasteiger partial charge in [-0.2, -0.15) is 0 Å². The van der Waals surface area contributed by atoms with E-state index in [9.17, 15) is 8.42 Å². The summed E-state index contributed by atoms with van der Waals surface area (Å²) in [5.41, 5.74) is 3.71. The molecule has 1 aromatic carbocycles. The molecule has 0 aromatic heterocycles. The quantitative estimate of drug-likeness (QED) is 0.395. The molecule has 132 valence electrons. The Morgan fingerprint density at radius 2 is 1.96 bits per heavy atom. The molecule has 0 fully saturated rings. The average molecular weight is 453 g/mol. The SMILES string of the molecule is CN=C(NCc1ccc(C)cc1C)NC(C)CCS(C)(=O)=O.I. The summed E-state index contributed by atoms with van der Waals surface area (Å²) >= 11 is 0. The minimum absolute atomic E-state index is 0. The lowest BCUT2D eigenvalue weighted by Gasteiger charge is -2.18. The fraction of sp³-hybridized carbons (Fsp3) is 0.562. The Kier molecular flexibility index (Phi) is 9.76. The van der Waals surface area contributed by atoms with Gasteiger partial charge in [0, 0.05) is 25.9 Å². The summed E-state index contributed by atoms with van der Waals surface area (Å²) in [7, 11) is -1.22. The van der Waals surface area contributed by atoms with Crippen LogP contribution in [0.1, 0.15) is 30.0 Å². The predicted molar refractivity (Wildman–Crippen MR) is 108 cm³/mol. The monoisotopic (exact) mass is 453 g/mol. The van der Waals surface area contributed by atoms with Crippen molar-refractivity contribution in [3.8, 4) is 0 Å². The van der Waals surface area contributed by atoms with Gasteiger partial charge in [0.15, 0.2) is 5.96 Å². The molecule has 0 aliphatic carbocycles. The Hall–Kier alpha value is -0.830. The Balaban J connectivity index is 0.00000484. The van der Waals surface area contributed by atoms with Gasteiger partial charge in [0.05, 0.1) is 5.75 Å². The smallest absolute Gasteiger partial charge is 0.191 e. The van der Waals surface area contributed by atoms with Crippen molar-refractivity contribution in [2.45, 2.75) is 39.8 Å². The van der Waals surface area contributed by atoms with E-state index in [2.05, 4.69) is 47.7 Å². The fourth-order valence-corrected chi connectivity index (χ4v) is 2.90. The average Bonchev–Trinajstić information content (AvgIpc) is 2.42. The Bertz CT molecular complexity index is 630. The first-order valence-corrected chi connectivity index (χ1v) is 9.48. The minimum atomic E-state index is -2.93. The maximum Gasteiger partial charge on any atom is 0.191 e. The highest BCUT2D eigenvalue weighted by Crippen LogP contribution is 2.10. The van der Waals surface area contributed by atoms with E-state index in [0.29, 0.717) is 18.9 Å². The zero-order chi connectivity index (χ0) is 16.8. The molecule has 0 amide bonds. The number of halogens is 1. The molecular formula is C16H28IN3O2S. The van der Waals surface area contributed by atoms with Gasteiger partial charge in [-0.1, -0.05) is 23.8 Å². The van der Waals surface area contributed by atoms with Gasteiger partial charge in [0.25, 0.3) is 0 Å². The van der Waals surface area contributed by atoms with Crippen molar-refractivity contribution in [3.63, 3.8) is 0 Å². The van der Waals surface area contributed by atoms with E-state index in [1.807, 2.05) is 6.92 Å². The molecule has 7 heteroatoms. The van der Waals surface area contributed by atoms with Crippen molar-refractivity contribution >= 4 is 39.8 Å². The highest BCUT2D eigenvalue weighted by Gasteiger charge is 2.09. The van der Waals surface area contributed by atoms with Crippen molar-refractivity contribution in [3.05, 3.63) is 34.9 Å². The van der Waals surface area contributed by atoms with E-state index < -0.39 is 9.84 Å². The number of benzene rings is 1. The number of nitrogens with one attached hydrogen (secondary N) is 2. The topological polar surface area (TPSA) is 70.6 Å². The summed E-state index contributed by atoms with van der Waals surface area (Å²) in [5.74, 6) is 0.857. The predicted octanol–water partition coefficient (Wildman–Crippen LogP) is 2.41. The lowest BCUT2D eigenvalue weighted by molar-refractivity contribution is 0.581. The third-order valence-corrected chi connectivity index (χ3v) is 4.45. The van der Waals surface area contributed by atoms with Gasteiger partial charge in [0.2, 0.25) is 0 Å². The van der Waals surface area contributed by atoms with Crippen LogP contribution in [-0.4, -0.2) is 39.5 Å². The number of aliphatic imine (C=N–C) groups is 1. The van der Waals surface area contributed by atoms with E-state index in [4.69, 9.17) is 0 Å². The molecule has 2 N–H and O–H groups in total. The second-order valence-electron chi connectivity index (χ2n) is 5.82. The number of guanidine groups is 1. The van der Waals surface area contributed by atoms with Gasteiger partial charge in [-0.05, 0) is 38.3 Å². The molecule has 0 spiro atoms. The summed E-state index contributed by atoms with van der Waals surface area (Å²) in [6.45, 7) is 6.81. The molecule has 5 nitrogen and oxygen atoms in total. The molecule has 0 aliphatic heterocycles. The molecule has 1 aromatic rings. The summed E-state index contributed by atoms with van der Waals surface area (Å²) in [6.07, 6.45) is 1.82. The van der Waals surface area contributed by atoms with E-state index in [-0.39, 0.29) is 35.8 Å². The molecule has 0 bridgehead atoms. The maximum absolute atomic E-state index is 11.2. The third-order valence-electron chi connectivity index (χ3n) is 3.47. The second-order valence-corrected chi connectivity index (χ2v) is 8.08.